The van der Waals surface area contributed by atoms with Gasteiger partial charge in [0, 0.05) is 20.1 Å². The Morgan fingerprint density at radius 3 is 2.63 bits per heavy atom. The fourth-order valence-electron chi connectivity index (χ4n) is 1.97. The van der Waals surface area contributed by atoms with Gasteiger partial charge >= 0.3 is 0 Å². The molecule has 0 radical (unpaired) electrons. The van der Waals surface area contributed by atoms with Gasteiger partial charge in [-0.1, -0.05) is 11.6 Å². The molecular formula is C10H15ClN4O3S. The minimum absolute atomic E-state index is 0.0294. The first kappa shape index (κ1) is 14.3. The minimum Gasteiger partial charge on any atom is -0.353 e. The van der Waals surface area contributed by atoms with Crippen LogP contribution in [0.15, 0.2) is 11.4 Å². The van der Waals surface area contributed by atoms with Crippen LogP contribution in [0.5, 0.6) is 0 Å². The normalized spacial score (nSPS) is 20.3. The number of aromatic nitrogens is 2. The number of sulfonamides is 1. The Morgan fingerprint density at radius 2 is 2.11 bits per heavy atom. The maximum absolute atomic E-state index is 12.6. The molecule has 0 aliphatic carbocycles. The number of halogens is 1. The van der Waals surface area contributed by atoms with Crippen LogP contribution in [0.3, 0.4) is 0 Å². The first-order valence-electron chi connectivity index (χ1n) is 5.67. The fraction of sp³-hybridized carbons (Fsp3) is 0.600. The Labute approximate surface area is 116 Å². The van der Waals surface area contributed by atoms with E-state index in [1.54, 1.807) is 20.9 Å². The van der Waals surface area contributed by atoms with Crippen LogP contribution in [0.1, 0.15) is 13.8 Å². The Bertz CT molecular complexity index is 623. The van der Waals surface area contributed by atoms with Gasteiger partial charge in [0.1, 0.15) is 10.7 Å². The van der Waals surface area contributed by atoms with Gasteiger partial charge in [-0.2, -0.15) is 4.31 Å². The maximum atomic E-state index is 12.6. The summed E-state index contributed by atoms with van der Waals surface area (Å²) in [6.45, 7) is 3.56. The molecule has 106 valence electrons. The van der Waals surface area contributed by atoms with Gasteiger partial charge in [0.2, 0.25) is 10.9 Å². The largest absolute Gasteiger partial charge is 0.353 e. The fourth-order valence-corrected chi connectivity index (χ4v) is 4.12. The van der Waals surface area contributed by atoms with E-state index >= 15 is 0 Å². The molecule has 0 atom stereocenters. The second kappa shape index (κ2) is 4.46. The lowest BCUT2D eigenvalue weighted by Crippen LogP contribution is -2.63. The minimum atomic E-state index is -3.90. The van der Waals surface area contributed by atoms with Crippen LogP contribution in [0.25, 0.3) is 0 Å². The number of rotatable bonds is 2. The van der Waals surface area contributed by atoms with Crippen LogP contribution in [0.2, 0.25) is 5.15 Å². The third-order valence-electron chi connectivity index (χ3n) is 3.15. The molecule has 9 heteroatoms. The monoisotopic (exact) mass is 306 g/mol. The van der Waals surface area contributed by atoms with E-state index in [4.69, 9.17) is 11.6 Å². The number of piperazine rings is 1. The maximum Gasteiger partial charge on any atom is 0.264 e. The lowest BCUT2D eigenvalue weighted by Gasteiger charge is -2.39. The number of hydrogen-bond acceptors (Lipinski definition) is 4. The van der Waals surface area contributed by atoms with Crippen molar-refractivity contribution in [2.24, 2.45) is 7.05 Å². The van der Waals surface area contributed by atoms with Crippen LogP contribution >= 0.6 is 11.6 Å². The van der Waals surface area contributed by atoms with Crippen LogP contribution < -0.4 is 5.32 Å². The summed E-state index contributed by atoms with van der Waals surface area (Å²) >= 11 is 5.94. The van der Waals surface area contributed by atoms with Crippen molar-refractivity contribution in [2.45, 2.75) is 24.4 Å². The Kier molecular flexibility index (Phi) is 3.36. The van der Waals surface area contributed by atoms with Gasteiger partial charge in [-0.3, -0.25) is 4.79 Å². The molecule has 0 aromatic carbocycles. The van der Waals surface area contributed by atoms with Gasteiger partial charge in [-0.05, 0) is 13.8 Å². The molecule has 1 amide bonds. The Balaban J connectivity index is 2.51. The SMILES string of the molecule is Cn1cnc(S(=O)(=O)N2CCNC(=O)C2(C)C)c1Cl. The molecule has 1 aromatic heterocycles. The van der Waals surface area contributed by atoms with E-state index in [-0.39, 0.29) is 29.2 Å². The molecule has 0 saturated carbocycles. The second-order valence-electron chi connectivity index (χ2n) is 4.84. The predicted octanol–water partition coefficient (Wildman–Crippen LogP) is -0.0274. The summed E-state index contributed by atoms with van der Waals surface area (Å²) < 4.78 is 27.7. The van der Waals surface area contributed by atoms with Crippen LogP contribution in [0, 0.1) is 0 Å². The van der Waals surface area contributed by atoms with Gasteiger partial charge in [-0.15, -0.1) is 0 Å². The Hall–Kier alpha value is -1.12. The third kappa shape index (κ3) is 2.13. The summed E-state index contributed by atoms with van der Waals surface area (Å²) in [7, 11) is -2.30. The van der Waals surface area contributed by atoms with Crippen molar-refractivity contribution in [1.82, 2.24) is 19.2 Å². The summed E-state index contributed by atoms with van der Waals surface area (Å²) in [6.07, 6.45) is 1.33. The quantitative estimate of drug-likeness (QED) is 0.832. The zero-order valence-corrected chi connectivity index (χ0v) is 12.4. The summed E-state index contributed by atoms with van der Waals surface area (Å²) in [4.78, 5) is 15.6. The molecule has 1 N–H and O–H groups in total. The topological polar surface area (TPSA) is 84.3 Å². The van der Waals surface area contributed by atoms with Crippen molar-refractivity contribution in [1.29, 1.82) is 0 Å². The highest BCUT2D eigenvalue weighted by atomic mass is 35.5. The van der Waals surface area contributed by atoms with E-state index in [0.29, 0.717) is 0 Å². The zero-order chi connectivity index (χ0) is 14.4. The van der Waals surface area contributed by atoms with Gasteiger partial charge in [0.05, 0.1) is 6.33 Å². The molecule has 2 rings (SSSR count). The summed E-state index contributed by atoms with van der Waals surface area (Å²) in [5, 5.41) is 2.45. The predicted molar refractivity (Wildman–Crippen MR) is 69.2 cm³/mol. The Morgan fingerprint density at radius 1 is 1.47 bits per heavy atom. The highest BCUT2D eigenvalue weighted by Gasteiger charge is 2.46. The number of aryl methyl sites for hydroxylation is 1. The average molecular weight is 307 g/mol. The van der Waals surface area contributed by atoms with Crippen molar-refractivity contribution in [3.05, 3.63) is 11.5 Å². The van der Waals surface area contributed by atoms with Crippen molar-refractivity contribution in [3.63, 3.8) is 0 Å². The molecule has 1 saturated heterocycles. The standard InChI is InChI=1S/C10H15ClN4O3S/c1-10(2)9(16)12-4-5-15(10)19(17,18)8-7(11)14(3)6-13-8/h6H,4-5H2,1-3H3,(H,12,16). The number of imidazole rings is 1. The summed E-state index contributed by atoms with van der Waals surface area (Å²) in [6, 6.07) is 0. The molecule has 1 aromatic rings. The van der Waals surface area contributed by atoms with Gasteiger partial charge < -0.3 is 9.88 Å². The van der Waals surface area contributed by atoms with Gasteiger partial charge in [0.15, 0.2) is 0 Å². The van der Waals surface area contributed by atoms with E-state index in [1.165, 1.54) is 10.9 Å². The van der Waals surface area contributed by atoms with Crippen molar-refractivity contribution in [3.8, 4) is 0 Å². The summed E-state index contributed by atoms with van der Waals surface area (Å²) in [5.41, 5.74) is -1.17. The molecule has 1 aliphatic rings. The van der Waals surface area contributed by atoms with Crippen molar-refractivity contribution in [2.75, 3.05) is 13.1 Å². The molecular weight excluding hydrogens is 292 g/mol. The molecule has 2 heterocycles. The number of carbonyl (C=O) groups excluding carboxylic acids is 1. The van der Waals surface area contributed by atoms with E-state index in [1.807, 2.05) is 0 Å². The molecule has 0 unspecified atom stereocenters. The van der Waals surface area contributed by atoms with E-state index < -0.39 is 15.6 Å². The third-order valence-corrected chi connectivity index (χ3v) is 5.71. The van der Waals surface area contributed by atoms with E-state index in [0.717, 1.165) is 4.31 Å². The van der Waals surface area contributed by atoms with Crippen LogP contribution in [-0.4, -0.2) is 46.8 Å². The number of amides is 1. The number of nitrogens with zero attached hydrogens (tertiary/aromatic N) is 3. The summed E-state index contributed by atoms with van der Waals surface area (Å²) in [5.74, 6) is -0.339. The lowest BCUT2D eigenvalue weighted by atomic mass is 10.0. The smallest absolute Gasteiger partial charge is 0.264 e. The highest BCUT2D eigenvalue weighted by molar-refractivity contribution is 7.89. The molecule has 0 bridgehead atoms. The van der Waals surface area contributed by atoms with Crippen molar-refractivity contribution >= 4 is 27.5 Å². The lowest BCUT2D eigenvalue weighted by molar-refractivity contribution is -0.131. The number of carbonyl (C=O) groups is 1. The van der Waals surface area contributed by atoms with Crippen LogP contribution in [0.4, 0.5) is 0 Å². The second-order valence-corrected chi connectivity index (χ2v) is 6.98. The van der Waals surface area contributed by atoms with E-state index in [2.05, 4.69) is 10.3 Å². The van der Waals surface area contributed by atoms with E-state index in [9.17, 15) is 13.2 Å². The average Bonchev–Trinajstić information content (AvgIpc) is 2.63. The highest BCUT2D eigenvalue weighted by Crippen LogP contribution is 2.29. The molecule has 1 fully saturated rings. The zero-order valence-electron chi connectivity index (χ0n) is 10.8. The van der Waals surface area contributed by atoms with Crippen LogP contribution in [-0.2, 0) is 21.9 Å². The van der Waals surface area contributed by atoms with Gasteiger partial charge in [0.25, 0.3) is 10.0 Å². The van der Waals surface area contributed by atoms with Crippen molar-refractivity contribution < 1.29 is 13.2 Å². The number of hydrogen-bond donors (Lipinski definition) is 1. The van der Waals surface area contributed by atoms with Gasteiger partial charge in [-0.25, -0.2) is 13.4 Å². The first-order valence-corrected chi connectivity index (χ1v) is 7.49. The first-order chi connectivity index (χ1) is 8.69. The molecule has 19 heavy (non-hydrogen) atoms. The molecule has 0 spiro atoms. The molecule has 1 aliphatic heterocycles. The number of nitrogens with one attached hydrogen (secondary N) is 1. The molecule has 7 nitrogen and oxygen atoms in total.